The van der Waals surface area contributed by atoms with E-state index in [1.807, 2.05) is 60.7 Å². The molecule has 1 saturated heterocycles. The first kappa shape index (κ1) is 20.3. The number of rotatable bonds is 5. The zero-order valence-electron chi connectivity index (χ0n) is 17.9. The van der Waals surface area contributed by atoms with Gasteiger partial charge < -0.3 is 21.1 Å². The molecule has 5 N–H and O–H groups in total. The van der Waals surface area contributed by atoms with E-state index in [0.29, 0.717) is 17.0 Å². The molecule has 3 aromatic carbocycles. The molecular formula is C26H27N5O. The van der Waals surface area contributed by atoms with Crippen molar-refractivity contribution >= 4 is 28.0 Å². The number of aliphatic imine (C=N–C) groups is 1. The standard InChI is InChI=1S/C26H27N5O/c27-20-8-11-23-22(16-20)24(26(32)30-23)25(19-4-2-1-3-5-19)29-21-9-6-18(7-10-21)17-31-14-12-28-13-15-31/h1-11,16,28,30,32H,12-15,17,27H2. The molecular weight excluding hydrogens is 398 g/mol. The average molecular weight is 426 g/mol. The summed E-state index contributed by atoms with van der Waals surface area (Å²) in [6.45, 7) is 5.17. The lowest BCUT2D eigenvalue weighted by Crippen LogP contribution is -2.42. The van der Waals surface area contributed by atoms with Gasteiger partial charge >= 0.3 is 0 Å². The van der Waals surface area contributed by atoms with Gasteiger partial charge in [-0.05, 0) is 35.9 Å². The second-order valence-electron chi connectivity index (χ2n) is 8.17. The molecule has 4 aromatic rings. The number of nitrogens with one attached hydrogen (secondary N) is 2. The molecule has 0 bridgehead atoms. The van der Waals surface area contributed by atoms with E-state index in [2.05, 4.69) is 27.3 Å². The van der Waals surface area contributed by atoms with Crippen LogP contribution in [0.15, 0.2) is 77.8 Å². The van der Waals surface area contributed by atoms with E-state index in [-0.39, 0.29) is 5.88 Å². The highest BCUT2D eigenvalue weighted by Gasteiger charge is 2.19. The number of aromatic amines is 1. The lowest BCUT2D eigenvalue weighted by Gasteiger charge is -2.27. The molecule has 0 unspecified atom stereocenters. The maximum absolute atomic E-state index is 10.8. The first-order valence-corrected chi connectivity index (χ1v) is 10.9. The molecule has 2 heterocycles. The van der Waals surface area contributed by atoms with Crippen LogP contribution in [0.5, 0.6) is 5.88 Å². The number of nitrogen functional groups attached to an aromatic ring is 1. The van der Waals surface area contributed by atoms with Gasteiger partial charge in [-0.25, -0.2) is 4.99 Å². The van der Waals surface area contributed by atoms with Gasteiger partial charge in [0.1, 0.15) is 0 Å². The van der Waals surface area contributed by atoms with Gasteiger partial charge in [-0.15, -0.1) is 0 Å². The molecule has 0 amide bonds. The number of H-pyrrole nitrogens is 1. The number of hydrogen-bond donors (Lipinski definition) is 4. The summed E-state index contributed by atoms with van der Waals surface area (Å²) in [5.74, 6) is 0.0866. The van der Waals surface area contributed by atoms with Crippen LogP contribution in [0.3, 0.4) is 0 Å². The highest BCUT2D eigenvalue weighted by atomic mass is 16.3. The Morgan fingerprint density at radius 3 is 2.47 bits per heavy atom. The minimum Gasteiger partial charge on any atom is -0.494 e. The van der Waals surface area contributed by atoms with Crippen molar-refractivity contribution in [1.29, 1.82) is 0 Å². The van der Waals surface area contributed by atoms with Crippen LogP contribution in [0.4, 0.5) is 11.4 Å². The summed E-state index contributed by atoms with van der Waals surface area (Å²) < 4.78 is 0. The van der Waals surface area contributed by atoms with Crippen molar-refractivity contribution in [3.63, 3.8) is 0 Å². The molecule has 5 rings (SSSR count). The Bertz CT molecular complexity index is 1240. The monoisotopic (exact) mass is 425 g/mol. The van der Waals surface area contributed by atoms with Gasteiger partial charge in [0.2, 0.25) is 0 Å². The minimum atomic E-state index is 0.0866. The number of aromatic nitrogens is 1. The normalized spacial score (nSPS) is 15.3. The van der Waals surface area contributed by atoms with Crippen molar-refractivity contribution in [3.05, 3.63) is 89.5 Å². The van der Waals surface area contributed by atoms with Crippen LogP contribution in [-0.2, 0) is 6.54 Å². The molecule has 0 aliphatic carbocycles. The number of piperazine rings is 1. The Balaban J connectivity index is 1.54. The van der Waals surface area contributed by atoms with Crippen LogP contribution in [-0.4, -0.2) is 46.9 Å². The molecule has 0 radical (unpaired) electrons. The smallest absolute Gasteiger partial charge is 0.199 e. The Morgan fingerprint density at radius 2 is 1.72 bits per heavy atom. The van der Waals surface area contributed by atoms with Gasteiger partial charge in [-0.3, -0.25) is 4.90 Å². The second kappa shape index (κ2) is 8.86. The summed E-state index contributed by atoms with van der Waals surface area (Å²) >= 11 is 0. The Labute approximate surface area is 187 Å². The third-order valence-electron chi connectivity index (χ3n) is 5.88. The average Bonchev–Trinajstić information content (AvgIpc) is 3.14. The van der Waals surface area contributed by atoms with Gasteiger partial charge in [0.25, 0.3) is 0 Å². The third-order valence-corrected chi connectivity index (χ3v) is 5.88. The van der Waals surface area contributed by atoms with Gasteiger partial charge in [0.05, 0.1) is 17.0 Å². The van der Waals surface area contributed by atoms with E-state index in [4.69, 9.17) is 10.7 Å². The van der Waals surface area contributed by atoms with Crippen LogP contribution in [0, 0.1) is 0 Å². The molecule has 6 nitrogen and oxygen atoms in total. The largest absolute Gasteiger partial charge is 0.494 e. The van der Waals surface area contributed by atoms with Crippen molar-refractivity contribution in [3.8, 4) is 5.88 Å². The number of nitrogens with two attached hydrogens (primary N) is 1. The maximum Gasteiger partial charge on any atom is 0.199 e. The lowest BCUT2D eigenvalue weighted by atomic mass is 10.0. The summed E-state index contributed by atoms with van der Waals surface area (Å²) in [6.07, 6.45) is 0. The Hall–Kier alpha value is -3.61. The number of anilines is 1. The number of aromatic hydroxyl groups is 1. The van der Waals surface area contributed by atoms with Crippen molar-refractivity contribution in [2.24, 2.45) is 4.99 Å². The maximum atomic E-state index is 10.8. The molecule has 1 aromatic heterocycles. The molecule has 0 spiro atoms. The molecule has 0 saturated carbocycles. The summed E-state index contributed by atoms with van der Waals surface area (Å²) in [6, 6.07) is 23.8. The van der Waals surface area contributed by atoms with E-state index in [9.17, 15) is 5.11 Å². The van der Waals surface area contributed by atoms with E-state index in [1.54, 1.807) is 0 Å². The SMILES string of the molecule is Nc1ccc2[nH]c(O)c(C(=Nc3ccc(CN4CCNCC4)cc3)c3ccccc3)c2c1. The first-order valence-electron chi connectivity index (χ1n) is 10.9. The number of nitrogens with zero attached hydrogens (tertiary/aromatic N) is 2. The summed E-state index contributed by atoms with van der Waals surface area (Å²) in [5.41, 5.74) is 11.9. The highest BCUT2D eigenvalue weighted by molar-refractivity contribution is 6.22. The summed E-state index contributed by atoms with van der Waals surface area (Å²) in [5, 5.41) is 15.0. The molecule has 162 valence electrons. The number of hydrogen-bond acceptors (Lipinski definition) is 5. The summed E-state index contributed by atoms with van der Waals surface area (Å²) in [4.78, 5) is 10.5. The fourth-order valence-corrected chi connectivity index (χ4v) is 4.23. The topological polar surface area (TPSA) is 89.7 Å². The first-order chi connectivity index (χ1) is 15.7. The minimum absolute atomic E-state index is 0.0866. The predicted octanol–water partition coefficient (Wildman–Crippen LogP) is 4.03. The molecule has 1 aliphatic heterocycles. The third kappa shape index (κ3) is 4.23. The molecule has 0 atom stereocenters. The van der Waals surface area contributed by atoms with Gasteiger partial charge in [-0.1, -0.05) is 42.5 Å². The zero-order valence-corrected chi connectivity index (χ0v) is 17.9. The zero-order chi connectivity index (χ0) is 21.9. The highest BCUT2D eigenvalue weighted by Crippen LogP contribution is 2.32. The van der Waals surface area contributed by atoms with Crippen molar-refractivity contribution < 1.29 is 5.11 Å². The van der Waals surface area contributed by atoms with Crippen molar-refractivity contribution in [2.75, 3.05) is 31.9 Å². The van der Waals surface area contributed by atoms with E-state index in [1.165, 1.54) is 5.56 Å². The van der Waals surface area contributed by atoms with Crippen LogP contribution >= 0.6 is 0 Å². The number of benzene rings is 3. The van der Waals surface area contributed by atoms with E-state index < -0.39 is 0 Å². The van der Waals surface area contributed by atoms with Crippen LogP contribution in [0.25, 0.3) is 10.9 Å². The van der Waals surface area contributed by atoms with Crippen molar-refractivity contribution in [1.82, 2.24) is 15.2 Å². The summed E-state index contributed by atoms with van der Waals surface area (Å²) in [7, 11) is 0. The Kier molecular flexibility index (Phi) is 5.62. The van der Waals surface area contributed by atoms with Crippen LogP contribution in [0.2, 0.25) is 0 Å². The van der Waals surface area contributed by atoms with Gasteiger partial charge in [0, 0.05) is 54.9 Å². The van der Waals surface area contributed by atoms with Crippen LogP contribution in [0.1, 0.15) is 16.7 Å². The second-order valence-corrected chi connectivity index (χ2v) is 8.17. The van der Waals surface area contributed by atoms with Crippen molar-refractivity contribution in [2.45, 2.75) is 6.54 Å². The van der Waals surface area contributed by atoms with E-state index >= 15 is 0 Å². The van der Waals surface area contributed by atoms with Gasteiger partial charge in [-0.2, -0.15) is 0 Å². The Morgan fingerprint density at radius 1 is 0.969 bits per heavy atom. The fourth-order valence-electron chi connectivity index (χ4n) is 4.23. The van der Waals surface area contributed by atoms with E-state index in [0.717, 1.165) is 54.9 Å². The molecule has 1 aliphatic rings. The van der Waals surface area contributed by atoms with Crippen LogP contribution < -0.4 is 11.1 Å². The molecule has 6 heteroatoms. The quantitative estimate of drug-likeness (QED) is 0.287. The molecule has 32 heavy (non-hydrogen) atoms. The van der Waals surface area contributed by atoms with Gasteiger partial charge in [0.15, 0.2) is 5.88 Å². The fraction of sp³-hybridized carbons (Fsp3) is 0.192. The predicted molar refractivity (Wildman–Crippen MR) is 131 cm³/mol. The molecule has 1 fully saturated rings. The lowest BCUT2D eigenvalue weighted by molar-refractivity contribution is 0.233. The number of fused-ring (bicyclic) bond motifs is 1.